The molecule has 3 nitrogen and oxygen atoms in total. The zero-order valence-electron chi connectivity index (χ0n) is 14.1. The van der Waals surface area contributed by atoms with Gasteiger partial charge in [-0.1, -0.05) is 54.1 Å². The minimum Gasteiger partial charge on any atom is -0.311 e. The molecule has 4 aromatic rings. The Labute approximate surface area is 145 Å². The molecular weight excluding hydrogens is 308 g/mol. The van der Waals surface area contributed by atoms with Gasteiger partial charge in [-0.25, -0.2) is 0 Å². The summed E-state index contributed by atoms with van der Waals surface area (Å²) >= 11 is 0. The largest absolute Gasteiger partial charge is 0.311 e. The van der Waals surface area contributed by atoms with Gasteiger partial charge in [-0.2, -0.15) is 5.26 Å². The lowest BCUT2D eigenvalue weighted by atomic mass is 10.0. The van der Waals surface area contributed by atoms with Crippen LogP contribution in [0.25, 0.3) is 16.3 Å². The van der Waals surface area contributed by atoms with E-state index >= 15 is 0 Å². The molecule has 25 heavy (non-hydrogen) atoms. The Bertz CT molecular complexity index is 1170. The molecule has 0 saturated heterocycles. The van der Waals surface area contributed by atoms with Crippen molar-refractivity contribution in [3.8, 4) is 6.07 Å². The van der Waals surface area contributed by atoms with Gasteiger partial charge in [-0.3, -0.25) is 4.79 Å². The molecule has 0 radical (unpaired) electrons. The van der Waals surface area contributed by atoms with Crippen molar-refractivity contribution in [1.29, 1.82) is 5.26 Å². The van der Waals surface area contributed by atoms with E-state index in [2.05, 4.69) is 6.07 Å². The summed E-state index contributed by atoms with van der Waals surface area (Å²) in [5, 5.41) is 11.7. The number of benzene rings is 2. The van der Waals surface area contributed by atoms with Crippen molar-refractivity contribution >= 4 is 22.1 Å². The summed E-state index contributed by atoms with van der Waals surface area (Å²) in [7, 11) is 0. The fraction of sp³-hybridized carbons (Fsp3) is 0.0909. The predicted octanol–water partition coefficient (Wildman–Crippen LogP) is 4.81. The number of carbonyl (C=O) groups is 1. The van der Waals surface area contributed by atoms with E-state index in [-0.39, 0.29) is 5.78 Å². The molecule has 0 aliphatic heterocycles. The van der Waals surface area contributed by atoms with Gasteiger partial charge in [0.15, 0.2) is 0 Å². The van der Waals surface area contributed by atoms with Gasteiger partial charge < -0.3 is 4.40 Å². The average molecular weight is 324 g/mol. The minimum absolute atomic E-state index is 0.0655. The van der Waals surface area contributed by atoms with Gasteiger partial charge in [0.1, 0.15) is 6.07 Å². The first-order valence-corrected chi connectivity index (χ1v) is 8.15. The Balaban J connectivity index is 2.06. The summed E-state index contributed by atoms with van der Waals surface area (Å²) in [6, 6.07) is 19.7. The van der Waals surface area contributed by atoms with Crippen molar-refractivity contribution < 1.29 is 4.79 Å². The second-order valence-electron chi connectivity index (χ2n) is 6.28. The molecule has 2 heterocycles. The second-order valence-corrected chi connectivity index (χ2v) is 6.28. The lowest BCUT2D eigenvalue weighted by molar-refractivity contribution is 0.103. The Morgan fingerprint density at radius 2 is 1.72 bits per heavy atom. The number of ketones is 1. The van der Waals surface area contributed by atoms with Crippen LogP contribution in [0.1, 0.15) is 32.7 Å². The van der Waals surface area contributed by atoms with E-state index < -0.39 is 0 Å². The molecule has 4 rings (SSSR count). The van der Waals surface area contributed by atoms with Crippen molar-refractivity contribution in [3.05, 3.63) is 88.7 Å². The molecule has 0 amide bonds. The standard InChI is InChI=1S/C22H16N2O/c1-14-7-9-17(10-8-14)22(25)20-15(2)19(13-23)21-18-6-4-3-5-16(18)11-12-24(20)21/h3-12H,1-2H3. The van der Waals surface area contributed by atoms with Crippen molar-refractivity contribution in [2.75, 3.05) is 0 Å². The zero-order valence-corrected chi connectivity index (χ0v) is 14.1. The van der Waals surface area contributed by atoms with E-state index in [1.165, 1.54) is 0 Å². The Kier molecular flexibility index (Phi) is 3.40. The number of hydrogen-bond acceptors (Lipinski definition) is 2. The van der Waals surface area contributed by atoms with Crippen LogP contribution in [-0.4, -0.2) is 10.2 Å². The first-order chi connectivity index (χ1) is 12.1. The number of nitrogens with zero attached hydrogens (tertiary/aromatic N) is 2. The van der Waals surface area contributed by atoms with Crippen molar-refractivity contribution in [2.24, 2.45) is 0 Å². The third-order valence-electron chi connectivity index (χ3n) is 4.71. The molecule has 3 heteroatoms. The second kappa shape index (κ2) is 5.61. The van der Waals surface area contributed by atoms with Crippen LogP contribution in [0.15, 0.2) is 60.8 Å². The summed E-state index contributed by atoms with van der Waals surface area (Å²) in [6.45, 7) is 3.84. The van der Waals surface area contributed by atoms with Crippen LogP contribution in [-0.2, 0) is 0 Å². The average Bonchev–Trinajstić information content (AvgIpc) is 2.93. The molecule has 0 aliphatic carbocycles. The normalized spacial score (nSPS) is 10.9. The fourth-order valence-electron chi connectivity index (χ4n) is 3.39. The van der Waals surface area contributed by atoms with Crippen molar-refractivity contribution in [1.82, 2.24) is 4.40 Å². The third kappa shape index (κ3) is 2.23. The van der Waals surface area contributed by atoms with Gasteiger partial charge in [-0.05, 0) is 30.9 Å². The summed E-state index contributed by atoms with van der Waals surface area (Å²) < 4.78 is 1.86. The number of aromatic nitrogens is 1. The summed E-state index contributed by atoms with van der Waals surface area (Å²) in [5.74, 6) is -0.0655. The highest BCUT2D eigenvalue weighted by molar-refractivity contribution is 6.12. The molecular formula is C22H16N2O. The first kappa shape index (κ1) is 15.2. The van der Waals surface area contributed by atoms with E-state index in [1.807, 2.05) is 79.0 Å². The first-order valence-electron chi connectivity index (χ1n) is 8.15. The van der Waals surface area contributed by atoms with Crippen LogP contribution in [0, 0.1) is 25.2 Å². The van der Waals surface area contributed by atoms with Gasteiger partial charge in [0.2, 0.25) is 5.78 Å². The van der Waals surface area contributed by atoms with Crippen LogP contribution in [0.3, 0.4) is 0 Å². The van der Waals surface area contributed by atoms with Gasteiger partial charge >= 0.3 is 0 Å². The van der Waals surface area contributed by atoms with E-state index in [9.17, 15) is 10.1 Å². The van der Waals surface area contributed by atoms with Crippen LogP contribution in [0.4, 0.5) is 0 Å². The van der Waals surface area contributed by atoms with Crippen LogP contribution in [0.5, 0.6) is 0 Å². The lowest BCUT2D eigenvalue weighted by Gasteiger charge is -2.06. The van der Waals surface area contributed by atoms with Gasteiger partial charge in [0, 0.05) is 17.1 Å². The maximum absolute atomic E-state index is 13.1. The number of hydrogen-bond donors (Lipinski definition) is 0. The number of nitriles is 1. The van der Waals surface area contributed by atoms with Crippen molar-refractivity contribution in [3.63, 3.8) is 0 Å². The highest BCUT2D eigenvalue weighted by atomic mass is 16.1. The zero-order chi connectivity index (χ0) is 17.6. The van der Waals surface area contributed by atoms with Crippen molar-refractivity contribution in [2.45, 2.75) is 13.8 Å². The molecule has 0 saturated carbocycles. The highest BCUT2D eigenvalue weighted by Crippen LogP contribution is 2.30. The number of fused-ring (bicyclic) bond motifs is 3. The van der Waals surface area contributed by atoms with E-state index in [1.54, 1.807) is 0 Å². The minimum atomic E-state index is -0.0655. The molecule has 0 bridgehead atoms. The smallest absolute Gasteiger partial charge is 0.210 e. The van der Waals surface area contributed by atoms with Gasteiger partial charge in [0.05, 0.1) is 16.8 Å². The third-order valence-corrected chi connectivity index (χ3v) is 4.71. The van der Waals surface area contributed by atoms with E-state index in [4.69, 9.17) is 0 Å². The van der Waals surface area contributed by atoms with Gasteiger partial charge in [-0.15, -0.1) is 0 Å². The maximum atomic E-state index is 13.1. The Morgan fingerprint density at radius 3 is 2.44 bits per heavy atom. The van der Waals surface area contributed by atoms with E-state index in [0.717, 1.165) is 27.4 Å². The highest BCUT2D eigenvalue weighted by Gasteiger charge is 2.22. The summed E-state index contributed by atoms with van der Waals surface area (Å²) in [5.41, 5.74) is 4.38. The van der Waals surface area contributed by atoms with Crippen LogP contribution < -0.4 is 0 Å². The Hall–Kier alpha value is -3.38. The molecule has 2 aromatic heterocycles. The van der Waals surface area contributed by atoms with E-state index in [0.29, 0.717) is 16.8 Å². The molecule has 120 valence electrons. The summed E-state index contributed by atoms with van der Waals surface area (Å²) in [6.07, 6.45) is 1.88. The quantitative estimate of drug-likeness (QED) is 0.497. The Morgan fingerprint density at radius 1 is 1.00 bits per heavy atom. The number of pyridine rings is 1. The SMILES string of the molecule is Cc1ccc(C(=O)c2c(C)c(C#N)c3c4ccccc4ccn23)cc1. The molecule has 0 unspecified atom stereocenters. The summed E-state index contributed by atoms with van der Waals surface area (Å²) in [4.78, 5) is 13.1. The molecule has 0 fully saturated rings. The van der Waals surface area contributed by atoms with Crippen LogP contribution >= 0.6 is 0 Å². The monoisotopic (exact) mass is 324 g/mol. The molecule has 2 aromatic carbocycles. The number of rotatable bonds is 2. The molecule has 0 spiro atoms. The molecule has 0 aliphatic rings. The predicted molar refractivity (Wildman–Crippen MR) is 99.0 cm³/mol. The van der Waals surface area contributed by atoms with Gasteiger partial charge in [0.25, 0.3) is 0 Å². The fourth-order valence-corrected chi connectivity index (χ4v) is 3.39. The maximum Gasteiger partial charge on any atom is 0.210 e. The van der Waals surface area contributed by atoms with Crippen LogP contribution in [0.2, 0.25) is 0 Å². The molecule has 0 atom stereocenters. The lowest BCUT2D eigenvalue weighted by Crippen LogP contribution is -2.07. The molecule has 0 N–H and O–H groups in total. The number of aryl methyl sites for hydroxylation is 1. The number of carbonyl (C=O) groups excluding carboxylic acids is 1. The topological polar surface area (TPSA) is 45.3 Å².